The van der Waals surface area contributed by atoms with E-state index in [-0.39, 0.29) is 31.2 Å². The van der Waals surface area contributed by atoms with Gasteiger partial charge >= 0.3 is 6.18 Å². The largest absolute Gasteiger partial charge is 0.416 e. The van der Waals surface area contributed by atoms with Gasteiger partial charge in [0, 0.05) is 25.2 Å². The van der Waals surface area contributed by atoms with Gasteiger partial charge in [0.05, 0.1) is 30.9 Å². The third-order valence-corrected chi connectivity index (χ3v) is 6.76. The van der Waals surface area contributed by atoms with Crippen molar-refractivity contribution in [3.05, 3.63) is 65.0 Å². The van der Waals surface area contributed by atoms with Crippen molar-refractivity contribution >= 4 is 35.5 Å². The van der Waals surface area contributed by atoms with Gasteiger partial charge in [-0.2, -0.15) is 13.2 Å². The Labute approximate surface area is 208 Å². The van der Waals surface area contributed by atoms with Gasteiger partial charge < -0.3 is 9.80 Å². The van der Waals surface area contributed by atoms with Crippen LogP contribution in [0.15, 0.2) is 52.4 Å². The van der Waals surface area contributed by atoms with E-state index in [1.807, 2.05) is 0 Å². The molecule has 0 aromatic heterocycles. The van der Waals surface area contributed by atoms with E-state index in [0.29, 0.717) is 23.5 Å². The number of nitrogens with zero attached hydrogens (tertiary/aromatic N) is 5. The van der Waals surface area contributed by atoms with Crippen LogP contribution in [0.25, 0.3) is 0 Å². The Morgan fingerprint density at radius 2 is 1.78 bits per heavy atom. The molecule has 3 heterocycles. The van der Waals surface area contributed by atoms with Crippen molar-refractivity contribution < 1.29 is 31.9 Å². The molecular weight excluding hydrogens is 494 g/mol. The summed E-state index contributed by atoms with van der Waals surface area (Å²) >= 11 is 0. The highest BCUT2D eigenvalue weighted by Gasteiger charge is 2.60. The Kier molecular flexibility index (Phi) is 5.84. The molecule has 1 spiro atoms. The average molecular weight is 515 g/mol. The molecule has 3 aliphatic heterocycles. The normalized spacial score (nSPS) is 18.9. The Morgan fingerprint density at radius 3 is 2.35 bits per heavy atom. The van der Waals surface area contributed by atoms with E-state index in [4.69, 9.17) is 0 Å². The van der Waals surface area contributed by atoms with E-state index in [2.05, 4.69) is 9.98 Å². The second kappa shape index (κ2) is 8.79. The number of hydrogen-bond acceptors (Lipinski definition) is 5. The number of rotatable bonds is 4. The number of alkyl halides is 3. The van der Waals surface area contributed by atoms with Gasteiger partial charge in [-0.1, -0.05) is 12.1 Å². The fourth-order valence-corrected chi connectivity index (χ4v) is 4.75. The highest BCUT2D eigenvalue weighted by atomic mass is 19.4. The summed E-state index contributed by atoms with van der Waals surface area (Å²) < 4.78 is 54.0. The van der Waals surface area contributed by atoms with Gasteiger partial charge in [0.2, 0.25) is 11.8 Å². The minimum atomic E-state index is -4.51. The van der Waals surface area contributed by atoms with Gasteiger partial charge in [0.15, 0.2) is 11.4 Å². The van der Waals surface area contributed by atoms with Crippen LogP contribution in [0.2, 0.25) is 0 Å². The zero-order chi connectivity index (χ0) is 26.5. The van der Waals surface area contributed by atoms with E-state index in [0.717, 1.165) is 17.0 Å². The predicted octanol–water partition coefficient (Wildman–Crippen LogP) is 2.65. The third-order valence-electron chi connectivity index (χ3n) is 6.76. The summed E-state index contributed by atoms with van der Waals surface area (Å²) in [6.07, 6.45) is -2.93. The summed E-state index contributed by atoms with van der Waals surface area (Å²) in [5.74, 6) is -1.76. The molecule has 0 atom stereocenters. The summed E-state index contributed by atoms with van der Waals surface area (Å²) in [6.45, 7) is 0.914. The number of amidine groups is 1. The predicted molar refractivity (Wildman–Crippen MR) is 126 cm³/mol. The van der Waals surface area contributed by atoms with Gasteiger partial charge in [0.1, 0.15) is 12.4 Å². The Bertz CT molecular complexity index is 1350. The lowest BCUT2D eigenvalue weighted by atomic mass is 9.83. The van der Waals surface area contributed by atoms with Crippen molar-refractivity contribution in [2.75, 3.05) is 31.1 Å². The first kappa shape index (κ1) is 24.6. The zero-order valence-electron chi connectivity index (χ0n) is 19.6. The number of anilines is 1. The van der Waals surface area contributed by atoms with Crippen LogP contribution < -0.4 is 4.90 Å². The molecule has 0 aliphatic carbocycles. The highest BCUT2D eigenvalue weighted by molar-refractivity contribution is 6.11. The maximum absolute atomic E-state index is 15.2. The molecule has 3 aliphatic rings. The Balaban J connectivity index is 1.45. The Morgan fingerprint density at radius 1 is 1.08 bits per heavy atom. The van der Waals surface area contributed by atoms with Gasteiger partial charge in [-0.05, 0) is 35.9 Å². The number of piperazine rings is 1. The third kappa shape index (κ3) is 4.25. The highest BCUT2D eigenvalue weighted by Crippen LogP contribution is 2.38. The molecule has 2 fully saturated rings. The molecule has 0 saturated carbocycles. The fourth-order valence-electron chi connectivity index (χ4n) is 4.75. The summed E-state index contributed by atoms with van der Waals surface area (Å²) in [5, 5.41) is 0. The second-order valence-corrected chi connectivity index (χ2v) is 9.11. The molecule has 2 aromatic rings. The SMILES string of the molecule is CC(=O)N1CC2(C1)C(=O)N(c1ccc(C3=NCC=N3)cc1F)CC(=O)N2Cc1ccc(C(F)(F)F)cc1. The summed E-state index contributed by atoms with van der Waals surface area (Å²) in [7, 11) is 0. The van der Waals surface area contributed by atoms with Crippen molar-refractivity contribution in [1.82, 2.24) is 9.80 Å². The monoisotopic (exact) mass is 515 g/mol. The summed E-state index contributed by atoms with van der Waals surface area (Å²) in [5.41, 5.74) is -1.58. The number of benzene rings is 2. The molecule has 12 heteroatoms. The molecule has 2 aromatic carbocycles. The minimum Gasteiger partial charge on any atom is -0.337 e. The second-order valence-electron chi connectivity index (χ2n) is 9.11. The van der Waals surface area contributed by atoms with Crippen LogP contribution in [0.4, 0.5) is 23.2 Å². The van der Waals surface area contributed by atoms with E-state index in [1.54, 1.807) is 12.3 Å². The van der Waals surface area contributed by atoms with Crippen molar-refractivity contribution in [1.29, 1.82) is 0 Å². The molecular formula is C25H21F4N5O3. The van der Waals surface area contributed by atoms with Crippen LogP contribution in [-0.4, -0.2) is 71.3 Å². The van der Waals surface area contributed by atoms with Crippen LogP contribution in [0.5, 0.6) is 0 Å². The number of amides is 3. The maximum atomic E-state index is 15.2. The lowest BCUT2D eigenvalue weighted by Crippen LogP contribution is -2.81. The molecule has 0 unspecified atom stereocenters. The van der Waals surface area contributed by atoms with E-state index < -0.39 is 41.5 Å². The topological polar surface area (TPSA) is 85.6 Å². The minimum absolute atomic E-state index is 0.0977. The first-order valence-corrected chi connectivity index (χ1v) is 11.4. The molecule has 3 amide bonds. The van der Waals surface area contributed by atoms with Crippen LogP contribution in [0, 0.1) is 5.82 Å². The van der Waals surface area contributed by atoms with Crippen molar-refractivity contribution in [2.45, 2.75) is 25.2 Å². The molecule has 0 N–H and O–H groups in total. The average Bonchev–Trinajstić information content (AvgIpc) is 3.35. The standard InChI is InChI=1S/C25H21F4N5O3/c1-15(35)32-13-24(14-32)23(37)33(20-7-4-17(10-19(20)26)22-30-8-9-31-22)12-21(36)34(24)11-16-2-5-18(6-3-16)25(27,28)29/h2-8,10H,9,11-14H2,1H3. The van der Waals surface area contributed by atoms with Crippen molar-refractivity contribution in [3.63, 3.8) is 0 Å². The molecule has 0 radical (unpaired) electrons. The number of hydrogen-bond donors (Lipinski definition) is 0. The fraction of sp³-hybridized carbons (Fsp3) is 0.320. The lowest BCUT2D eigenvalue weighted by Gasteiger charge is -2.57. The van der Waals surface area contributed by atoms with Crippen molar-refractivity contribution in [2.24, 2.45) is 9.98 Å². The molecule has 192 valence electrons. The van der Waals surface area contributed by atoms with Gasteiger partial charge in [-0.15, -0.1) is 0 Å². The smallest absolute Gasteiger partial charge is 0.337 e. The van der Waals surface area contributed by atoms with Crippen molar-refractivity contribution in [3.8, 4) is 0 Å². The van der Waals surface area contributed by atoms with E-state index in [9.17, 15) is 27.6 Å². The number of likely N-dealkylation sites (tertiary alicyclic amines) is 1. The van der Waals surface area contributed by atoms with Crippen LogP contribution in [0.3, 0.4) is 0 Å². The number of halogens is 4. The van der Waals surface area contributed by atoms with Crippen LogP contribution in [-0.2, 0) is 27.1 Å². The maximum Gasteiger partial charge on any atom is 0.416 e. The summed E-state index contributed by atoms with van der Waals surface area (Å²) in [6, 6.07) is 8.43. The molecule has 37 heavy (non-hydrogen) atoms. The van der Waals surface area contributed by atoms with Gasteiger partial charge in [0.25, 0.3) is 5.91 Å². The lowest BCUT2D eigenvalue weighted by molar-refractivity contribution is -0.169. The molecule has 5 rings (SSSR count). The van der Waals surface area contributed by atoms with Crippen LogP contribution in [0.1, 0.15) is 23.6 Å². The molecule has 0 bridgehead atoms. The number of carbonyl (C=O) groups is 3. The first-order valence-electron chi connectivity index (χ1n) is 11.4. The number of carbonyl (C=O) groups excluding carboxylic acids is 3. The van der Waals surface area contributed by atoms with Crippen LogP contribution >= 0.6 is 0 Å². The van der Waals surface area contributed by atoms with Gasteiger partial charge in [-0.3, -0.25) is 24.3 Å². The molecule has 2 saturated heterocycles. The quantitative estimate of drug-likeness (QED) is 0.587. The summed E-state index contributed by atoms with van der Waals surface area (Å²) in [4.78, 5) is 50.9. The number of aliphatic imine (C=N–C) groups is 2. The first-order chi connectivity index (χ1) is 17.5. The Hall–Kier alpha value is -4.09. The van der Waals surface area contributed by atoms with E-state index >= 15 is 4.39 Å². The van der Waals surface area contributed by atoms with Gasteiger partial charge in [-0.25, -0.2) is 9.38 Å². The van der Waals surface area contributed by atoms with E-state index in [1.165, 1.54) is 41.0 Å². The molecule has 8 nitrogen and oxygen atoms in total. The zero-order valence-corrected chi connectivity index (χ0v) is 19.6.